The summed E-state index contributed by atoms with van der Waals surface area (Å²) in [7, 11) is 1.38. The summed E-state index contributed by atoms with van der Waals surface area (Å²) in [5.74, 6) is -0.325. The van der Waals surface area contributed by atoms with Gasteiger partial charge < -0.3 is 27.9 Å². The van der Waals surface area contributed by atoms with Crippen LogP contribution < -0.4 is 4.89 Å². The van der Waals surface area contributed by atoms with Crippen LogP contribution in [0.5, 0.6) is 0 Å². The lowest BCUT2D eigenvalue weighted by molar-refractivity contribution is -0.870. The lowest BCUT2D eigenvalue weighted by atomic mass is 10.0. The molecule has 0 saturated heterocycles. The first-order valence-electron chi connectivity index (χ1n) is 26.3. The maximum atomic E-state index is 12.7. The molecule has 0 aliphatic rings. The molecule has 0 radical (unpaired) electrons. The van der Waals surface area contributed by atoms with Gasteiger partial charge in [0, 0.05) is 13.0 Å². The minimum atomic E-state index is -4.52. The third kappa shape index (κ3) is 48.5. The Hall–Kier alpha value is -0.500. The molecule has 0 bridgehead atoms. The molecule has 60 heavy (non-hydrogen) atoms. The van der Waals surface area contributed by atoms with E-state index in [0.717, 1.165) is 32.1 Å². The van der Waals surface area contributed by atoms with Crippen LogP contribution in [-0.2, 0) is 27.9 Å². The molecule has 0 aliphatic carbocycles. The first-order valence-corrected chi connectivity index (χ1v) is 27.7. The molecular weight excluding hydrogens is 770 g/mol. The standard InChI is InChI=1S/C51H104NO7P/c1-6-8-10-12-14-16-18-20-22-24-26-27-28-30-32-34-36-38-40-42-44-51(53)59-50(49-58-60(54,55)57-47-45-52(3,4)5)48-56-46-43-41-39-37-35-33-31-29-25-23-21-19-17-15-13-11-9-7-2/h50H,6-49H2,1-5H3. The van der Waals surface area contributed by atoms with E-state index in [0.29, 0.717) is 24.1 Å². The van der Waals surface area contributed by atoms with E-state index in [1.165, 1.54) is 212 Å². The zero-order valence-electron chi connectivity index (χ0n) is 40.9. The van der Waals surface area contributed by atoms with Crippen molar-refractivity contribution in [3.8, 4) is 0 Å². The van der Waals surface area contributed by atoms with Gasteiger partial charge in [-0.3, -0.25) is 9.36 Å². The molecule has 0 aromatic carbocycles. The lowest BCUT2D eigenvalue weighted by Crippen LogP contribution is -2.37. The van der Waals surface area contributed by atoms with Crippen molar-refractivity contribution in [2.45, 2.75) is 270 Å². The largest absolute Gasteiger partial charge is 0.756 e. The zero-order valence-corrected chi connectivity index (χ0v) is 41.8. The van der Waals surface area contributed by atoms with Crippen LogP contribution in [-0.4, -0.2) is 70.7 Å². The van der Waals surface area contributed by atoms with Gasteiger partial charge in [-0.1, -0.05) is 245 Å². The number of quaternary nitrogens is 1. The van der Waals surface area contributed by atoms with Crippen molar-refractivity contribution in [2.24, 2.45) is 0 Å². The Morgan fingerprint density at radius 2 is 0.767 bits per heavy atom. The number of carbonyl (C=O) groups excluding carboxylic acids is 1. The van der Waals surface area contributed by atoms with Gasteiger partial charge in [-0.05, 0) is 12.8 Å². The van der Waals surface area contributed by atoms with Gasteiger partial charge in [-0.15, -0.1) is 0 Å². The van der Waals surface area contributed by atoms with Crippen molar-refractivity contribution in [1.29, 1.82) is 0 Å². The fourth-order valence-electron chi connectivity index (χ4n) is 7.84. The smallest absolute Gasteiger partial charge is 0.306 e. The van der Waals surface area contributed by atoms with E-state index in [2.05, 4.69) is 13.8 Å². The Kier molecular flexibility index (Phi) is 44.7. The van der Waals surface area contributed by atoms with Crippen LogP contribution in [0.1, 0.15) is 264 Å². The average molecular weight is 874 g/mol. The second-order valence-corrected chi connectivity index (χ2v) is 20.7. The van der Waals surface area contributed by atoms with Crippen molar-refractivity contribution in [3.05, 3.63) is 0 Å². The molecule has 360 valence electrons. The summed E-state index contributed by atoms with van der Waals surface area (Å²) in [6, 6.07) is 0. The average Bonchev–Trinajstić information content (AvgIpc) is 3.20. The molecule has 0 heterocycles. The minimum Gasteiger partial charge on any atom is -0.756 e. The molecule has 8 nitrogen and oxygen atoms in total. The van der Waals surface area contributed by atoms with Crippen LogP contribution in [0.15, 0.2) is 0 Å². The summed E-state index contributed by atoms with van der Waals surface area (Å²) in [5.41, 5.74) is 0. The molecular formula is C51H104NO7P. The second kappa shape index (κ2) is 45.1. The van der Waals surface area contributed by atoms with Crippen LogP contribution in [0, 0.1) is 0 Å². The van der Waals surface area contributed by atoms with Gasteiger partial charge in [0.2, 0.25) is 0 Å². The van der Waals surface area contributed by atoms with Crippen molar-refractivity contribution < 1.29 is 37.3 Å². The molecule has 0 spiro atoms. The fourth-order valence-corrected chi connectivity index (χ4v) is 8.57. The number of phosphoric ester groups is 1. The minimum absolute atomic E-state index is 0.0318. The molecule has 0 aromatic rings. The lowest BCUT2D eigenvalue weighted by Gasteiger charge is -2.28. The second-order valence-electron chi connectivity index (χ2n) is 19.3. The molecule has 0 amide bonds. The fraction of sp³-hybridized carbons (Fsp3) is 0.980. The number of ether oxygens (including phenoxy) is 2. The summed E-state index contributed by atoms with van der Waals surface area (Å²) in [6.45, 7) is 5.50. The first-order chi connectivity index (χ1) is 29.1. The Morgan fingerprint density at radius 3 is 1.10 bits per heavy atom. The number of likely N-dealkylation sites (N-methyl/N-ethyl adjacent to an activating group) is 1. The summed E-state index contributed by atoms with van der Waals surface area (Å²) in [5, 5.41) is 0. The highest BCUT2D eigenvalue weighted by Gasteiger charge is 2.20. The number of esters is 1. The summed E-state index contributed by atoms with van der Waals surface area (Å²) < 4.78 is 34.8. The quantitative estimate of drug-likeness (QED) is 0.0260. The number of carbonyl (C=O) groups is 1. The van der Waals surface area contributed by atoms with E-state index in [-0.39, 0.29) is 25.8 Å². The SMILES string of the molecule is CCCCCCCCCCCCCCCCCCCCCCC(=O)OC(COCCCCCCCCCCCCCCCCCCCC)COP(=O)([O-])OCC[N+](C)(C)C. The van der Waals surface area contributed by atoms with Gasteiger partial charge in [0.1, 0.15) is 19.3 Å². The van der Waals surface area contributed by atoms with Gasteiger partial charge in [0.15, 0.2) is 0 Å². The summed E-state index contributed by atoms with van der Waals surface area (Å²) in [4.78, 5) is 25.2. The maximum absolute atomic E-state index is 12.7. The maximum Gasteiger partial charge on any atom is 0.306 e. The molecule has 2 unspecified atom stereocenters. The normalized spacial score (nSPS) is 13.5. The van der Waals surface area contributed by atoms with Gasteiger partial charge in [-0.25, -0.2) is 0 Å². The van der Waals surface area contributed by atoms with Crippen LogP contribution in [0.4, 0.5) is 0 Å². The first kappa shape index (κ1) is 59.5. The van der Waals surface area contributed by atoms with Crippen molar-refractivity contribution >= 4 is 13.8 Å². The summed E-state index contributed by atoms with van der Waals surface area (Å²) >= 11 is 0. The van der Waals surface area contributed by atoms with Gasteiger partial charge in [-0.2, -0.15) is 0 Å². The van der Waals surface area contributed by atoms with E-state index < -0.39 is 13.9 Å². The molecule has 0 aromatic heterocycles. The Morgan fingerprint density at radius 1 is 0.450 bits per heavy atom. The molecule has 2 atom stereocenters. The van der Waals surface area contributed by atoms with E-state index in [9.17, 15) is 14.3 Å². The highest BCUT2D eigenvalue weighted by Crippen LogP contribution is 2.38. The molecule has 0 fully saturated rings. The highest BCUT2D eigenvalue weighted by atomic mass is 31.2. The topological polar surface area (TPSA) is 94.1 Å². The monoisotopic (exact) mass is 874 g/mol. The number of unbranched alkanes of at least 4 members (excludes halogenated alkanes) is 36. The molecule has 9 heteroatoms. The van der Waals surface area contributed by atoms with Crippen LogP contribution >= 0.6 is 7.82 Å². The van der Waals surface area contributed by atoms with Gasteiger partial charge >= 0.3 is 5.97 Å². The van der Waals surface area contributed by atoms with Crippen LogP contribution in [0.3, 0.4) is 0 Å². The number of phosphoric acid groups is 1. The Bertz CT molecular complexity index is 930. The van der Waals surface area contributed by atoms with Crippen molar-refractivity contribution in [2.75, 3.05) is 54.1 Å². The molecule has 0 saturated carbocycles. The Balaban J connectivity index is 4.07. The third-order valence-corrected chi connectivity index (χ3v) is 12.9. The number of hydrogen-bond donors (Lipinski definition) is 0. The number of nitrogens with zero attached hydrogens (tertiary/aromatic N) is 1. The molecule has 0 rings (SSSR count). The van der Waals surface area contributed by atoms with Crippen molar-refractivity contribution in [3.63, 3.8) is 0 Å². The molecule has 0 N–H and O–H groups in total. The van der Waals surface area contributed by atoms with E-state index in [1.807, 2.05) is 21.1 Å². The third-order valence-electron chi connectivity index (χ3n) is 11.9. The Labute approximate surface area is 374 Å². The molecule has 0 aliphatic heterocycles. The predicted molar refractivity (Wildman–Crippen MR) is 255 cm³/mol. The highest BCUT2D eigenvalue weighted by molar-refractivity contribution is 7.45. The van der Waals surface area contributed by atoms with Crippen LogP contribution in [0.2, 0.25) is 0 Å². The van der Waals surface area contributed by atoms with Gasteiger partial charge in [0.05, 0.1) is 34.4 Å². The zero-order chi connectivity index (χ0) is 44.1. The number of hydrogen-bond acceptors (Lipinski definition) is 7. The van der Waals surface area contributed by atoms with Gasteiger partial charge in [0.25, 0.3) is 7.82 Å². The van der Waals surface area contributed by atoms with Crippen molar-refractivity contribution in [1.82, 2.24) is 0 Å². The number of rotatable bonds is 50. The van der Waals surface area contributed by atoms with E-state index in [4.69, 9.17) is 18.5 Å². The predicted octanol–water partition coefficient (Wildman–Crippen LogP) is 15.4. The van der Waals surface area contributed by atoms with E-state index in [1.54, 1.807) is 0 Å². The summed E-state index contributed by atoms with van der Waals surface area (Å²) in [6.07, 6.45) is 49.8. The van der Waals surface area contributed by atoms with E-state index >= 15 is 0 Å². The van der Waals surface area contributed by atoms with Crippen LogP contribution in [0.25, 0.3) is 0 Å².